The lowest BCUT2D eigenvalue weighted by molar-refractivity contribution is 0.304. The molecule has 2 aromatic rings. The van der Waals surface area contributed by atoms with Crippen molar-refractivity contribution in [1.82, 2.24) is 14.9 Å². The molecule has 2 rings (SSSR count). The Kier molecular flexibility index (Phi) is 8.34. The first-order valence-corrected chi connectivity index (χ1v) is 10.2. The average Bonchev–Trinajstić information content (AvgIpc) is 2.66. The van der Waals surface area contributed by atoms with Crippen molar-refractivity contribution >= 4 is 18.0 Å². The third-order valence-electron chi connectivity index (χ3n) is 3.89. The van der Waals surface area contributed by atoms with Crippen LogP contribution in [0.2, 0.25) is 0 Å². The van der Waals surface area contributed by atoms with Crippen LogP contribution in [-0.2, 0) is 0 Å². The highest BCUT2D eigenvalue weighted by Gasteiger charge is 2.08. The molecule has 7 heteroatoms. The van der Waals surface area contributed by atoms with Crippen LogP contribution in [0, 0.1) is 6.92 Å². The Morgan fingerprint density at radius 1 is 1.19 bits per heavy atom. The summed E-state index contributed by atoms with van der Waals surface area (Å²) in [5, 5.41) is 12.6. The second-order valence-electron chi connectivity index (χ2n) is 5.93. The zero-order chi connectivity index (χ0) is 18.8. The molecule has 0 unspecified atom stereocenters. The van der Waals surface area contributed by atoms with E-state index in [1.807, 2.05) is 30.5 Å². The molecule has 1 aromatic heterocycles. The molecule has 26 heavy (non-hydrogen) atoms. The average molecular weight is 375 g/mol. The number of rotatable bonds is 10. The van der Waals surface area contributed by atoms with Crippen LogP contribution >= 0.6 is 11.8 Å². The fourth-order valence-electron chi connectivity index (χ4n) is 2.40. The number of aromatic nitrogens is 3. The van der Waals surface area contributed by atoms with Gasteiger partial charge in [-0.05, 0) is 31.7 Å². The molecule has 140 valence electrons. The molecular weight excluding hydrogens is 348 g/mol. The lowest BCUT2D eigenvalue weighted by Crippen LogP contribution is -2.23. The smallest absolute Gasteiger partial charge is 0.296 e. The van der Waals surface area contributed by atoms with Crippen LogP contribution in [0.3, 0.4) is 0 Å². The monoisotopic (exact) mass is 374 g/mol. The van der Waals surface area contributed by atoms with Crippen LogP contribution in [0.15, 0.2) is 39.3 Å². The summed E-state index contributed by atoms with van der Waals surface area (Å²) in [5.74, 6) is 0.768. The number of para-hydroxylation sites is 1. The predicted molar refractivity (Wildman–Crippen MR) is 106 cm³/mol. The lowest BCUT2D eigenvalue weighted by atomic mass is 10.2. The van der Waals surface area contributed by atoms with Gasteiger partial charge in [0, 0.05) is 5.56 Å². The largest absolute Gasteiger partial charge is 0.493 e. The summed E-state index contributed by atoms with van der Waals surface area (Å²) in [5.41, 5.74) is 0.876. The first kappa shape index (κ1) is 20.2. The Morgan fingerprint density at radius 2 is 1.96 bits per heavy atom. The molecule has 0 aliphatic carbocycles. The molecule has 0 atom stereocenters. The van der Waals surface area contributed by atoms with Gasteiger partial charge in [-0.15, -0.1) is 10.2 Å². The van der Waals surface area contributed by atoms with Crippen LogP contribution in [0.4, 0.5) is 0 Å². The van der Waals surface area contributed by atoms with Crippen molar-refractivity contribution in [3.8, 4) is 5.75 Å². The van der Waals surface area contributed by atoms with Gasteiger partial charge in [0.05, 0.1) is 12.8 Å². The van der Waals surface area contributed by atoms with E-state index in [4.69, 9.17) is 4.74 Å². The fourth-order valence-corrected chi connectivity index (χ4v) is 2.82. The Bertz CT molecular complexity index is 789. The molecule has 0 fully saturated rings. The summed E-state index contributed by atoms with van der Waals surface area (Å²) in [7, 11) is 0. The topological polar surface area (TPSA) is 69.4 Å². The summed E-state index contributed by atoms with van der Waals surface area (Å²) in [6.07, 6.45) is 9.44. The minimum atomic E-state index is -0.269. The molecule has 6 nitrogen and oxygen atoms in total. The number of benzene rings is 1. The van der Waals surface area contributed by atoms with Gasteiger partial charge in [-0.25, -0.2) is 0 Å². The molecular formula is C19H26N4O2S. The second-order valence-corrected chi connectivity index (χ2v) is 6.71. The van der Waals surface area contributed by atoms with Crippen LogP contribution in [-0.4, -0.2) is 34.0 Å². The van der Waals surface area contributed by atoms with Crippen molar-refractivity contribution in [3.05, 3.63) is 45.9 Å². The molecule has 1 heterocycles. The van der Waals surface area contributed by atoms with Gasteiger partial charge in [-0.2, -0.15) is 9.78 Å². The van der Waals surface area contributed by atoms with Gasteiger partial charge in [0.2, 0.25) is 5.16 Å². The Hall–Kier alpha value is -2.15. The van der Waals surface area contributed by atoms with E-state index < -0.39 is 0 Å². The summed E-state index contributed by atoms with van der Waals surface area (Å²) in [4.78, 5) is 12.3. The van der Waals surface area contributed by atoms with Crippen LogP contribution in [0.5, 0.6) is 5.75 Å². The Morgan fingerprint density at radius 3 is 2.73 bits per heavy atom. The van der Waals surface area contributed by atoms with Gasteiger partial charge in [-0.1, -0.05) is 56.5 Å². The second kappa shape index (κ2) is 10.8. The van der Waals surface area contributed by atoms with Crippen molar-refractivity contribution in [3.63, 3.8) is 0 Å². The lowest BCUT2D eigenvalue weighted by Gasteiger charge is -2.09. The highest BCUT2D eigenvalue weighted by molar-refractivity contribution is 7.98. The molecule has 1 aromatic carbocycles. The number of aryl methyl sites for hydroxylation is 1. The molecule has 0 N–H and O–H groups in total. The summed E-state index contributed by atoms with van der Waals surface area (Å²) in [6.45, 7) is 4.52. The minimum Gasteiger partial charge on any atom is -0.493 e. The maximum absolute atomic E-state index is 12.3. The molecule has 0 radical (unpaired) electrons. The third kappa shape index (κ3) is 5.69. The van der Waals surface area contributed by atoms with Gasteiger partial charge in [0.1, 0.15) is 11.4 Å². The van der Waals surface area contributed by atoms with Crippen LogP contribution < -0.4 is 10.3 Å². The zero-order valence-corrected chi connectivity index (χ0v) is 16.5. The van der Waals surface area contributed by atoms with E-state index in [2.05, 4.69) is 22.2 Å². The highest BCUT2D eigenvalue weighted by Crippen LogP contribution is 2.17. The molecule has 0 aliphatic heterocycles. The number of unbranched alkanes of at least 4 members (excludes halogenated alkanes) is 4. The first-order chi connectivity index (χ1) is 12.7. The standard InChI is InChI=1S/C19H26N4O2S/c1-4-5-6-7-10-13-25-17-12-9-8-11-16(17)14-20-23-18(24)15(2)21-22-19(23)26-3/h8-9,11-12,14H,4-7,10,13H2,1-3H3/b20-14-. The number of hydrogen-bond donors (Lipinski definition) is 0. The van der Waals surface area contributed by atoms with E-state index in [-0.39, 0.29) is 5.56 Å². The maximum atomic E-state index is 12.3. The SMILES string of the molecule is CCCCCCCOc1ccccc1/C=N\n1c(SC)nnc(C)c1=O. The van der Waals surface area contributed by atoms with Crippen molar-refractivity contribution in [1.29, 1.82) is 0 Å². The van der Waals surface area contributed by atoms with E-state index in [1.54, 1.807) is 13.1 Å². The quantitative estimate of drug-likeness (QED) is 0.358. The van der Waals surface area contributed by atoms with Gasteiger partial charge in [0.15, 0.2) is 0 Å². The van der Waals surface area contributed by atoms with E-state index in [0.717, 1.165) is 17.7 Å². The molecule has 0 saturated heterocycles. The van der Waals surface area contributed by atoms with Gasteiger partial charge < -0.3 is 4.74 Å². The van der Waals surface area contributed by atoms with Crippen molar-refractivity contribution in [2.45, 2.75) is 51.1 Å². The normalized spacial score (nSPS) is 11.2. The van der Waals surface area contributed by atoms with Crippen LogP contribution in [0.25, 0.3) is 0 Å². The van der Waals surface area contributed by atoms with E-state index in [9.17, 15) is 4.79 Å². The minimum absolute atomic E-state index is 0.269. The van der Waals surface area contributed by atoms with Gasteiger partial charge in [0.25, 0.3) is 5.56 Å². The maximum Gasteiger partial charge on any atom is 0.296 e. The van der Waals surface area contributed by atoms with Crippen LogP contribution in [0.1, 0.15) is 50.3 Å². The van der Waals surface area contributed by atoms with Crippen molar-refractivity contribution in [2.75, 3.05) is 12.9 Å². The Balaban J connectivity index is 2.10. The molecule has 0 amide bonds. The summed E-state index contributed by atoms with van der Waals surface area (Å²) >= 11 is 1.33. The van der Waals surface area contributed by atoms with Gasteiger partial charge in [-0.3, -0.25) is 4.79 Å². The summed E-state index contributed by atoms with van der Waals surface area (Å²) < 4.78 is 7.18. The number of nitrogens with zero attached hydrogens (tertiary/aromatic N) is 4. The van der Waals surface area contributed by atoms with Crippen molar-refractivity contribution in [2.24, 2.45) is 5.10 Å². The molecule has 0 saturated carbocycles. The number of thioether (sulfide) groups is 1. The van der Waals surface area contributed by atoms with Crippen molar-refractivity contribution < 1.29 is 4.74 Å². The fraction of sp³-hybridized carbons (Fsp3) is 0.474. The summed E-state index contributed by atoms with van der Waals surface area (Å²) in [6, 6.07) is 7.69. The predicted octanol–water partition coefficient (Wildman–Crippen LogP) is 3.90. The van der Waals surface area contributed by atoms with E-state index in [0.29, 0.717) is 17.5 Å². The Labute approximate surface area is 158 Å². The number of ether oxygens (including phenoxy) is 1. The number of hydrogen-bond acceptors (Lipinski definition) is 6. The molecule has 0 spiro atoms. The third-order valence-corrected chi connectivity index (χ3v) is 4.51. The first-order valence-electron chi connectivity index (χ1n) is 8.94. The van der Waals surface area contributed by atoms with E-state index in [1.165, 1.54) is 42.1 Å². The zero-order valence-electron chi connectivity index (χ0n) is 15.6. The molecule has 0 aliphatic rings. The molecule has 0 bridgehead atoms. The van der Waals surface area contributed by atoms with E-state index >= 15 is 0 Å². The highest BCUT2D eigenvalue weighted by atomic mass is 32.2. The van der Waals surface area contributed by atoms with Gasteiger partial charge >= 0.3 is 0 Å².